The number of hydrogen-bond acceptors (Lipinski definition) is 5. The first-order valence-electron chi connectivity index (χ1n) is 10.4. The number of benzene rings is 2. The summed E-state index contributed by atoms with van der Waals surface area (Å²) in [7, 11) is 0. The summed E-state index contributed by atoms with van der Waals surface area (Å²) in [6.07, 6.45) is 1.10. The van der Waals surface area contributed by atoms with Crippen LogP contribution in [-0.4, -0.2) is 65.3 Å². The van der Waals surface area contributed by atoms with Crippen molar-refractivity contribution >= 4 is 23.2 Å². The highest BCUT2D eigenvalue weighted by Crippen LogP contribution is 2.27. The van der Waals surface area contributed by atoms with Crippen LogP contribution in [-0.2, 0) is 9.59 Å². The van der Waals surface area contributed by atoms with Crippen LogP contribution >= 0.6 is 0 Å². The van der Waals surface area contributed by atoms with Gasteiger partial charge in [-0.05, 0) is 17.7 Å². The molecule has 0 saturated carbocycles. The van der Waals surface area contributed by atoms with E-state index in [1.54, 1.807) is 17.0 Å². The van der Waals surface area contributed by atoms with Crippen molar-refractivity contribution in [3.8, 4) is 5.75 Å². The van der Waals surface area contributed by atoms with E-state index in [1.807, 2.05) is 42.5 Å². The van der Waals surface area contributed by atoms with E-state index in [9.17, 15) is 14.7 Å². The molecule has 30 heavy (non-hydrogen) atoms. The van der Waals surface area contributed by atoms with Gasteiger partial charge >= 0.3 is 0 Å². The molecule has 2 aromatic rings. The van der Waals surface area contributed by atoms with Gasteiger partial charge in [-0.2, -0.15) is 5.10 Å². The third kappa shape index (κ3) is 4.45. The average molecular weight is 406 g/mol. The standard InChI is InChI=1S/C23H26N4O3/c28-21-9-5-4-8-20(21)25-14-16-26(17-15-25)22(29)10-11-23(30)27-13-12-19(24-27)18-6-2-1-3-7-18/h1-9,28H,10-17H2. The van der Waals surface area contributed by atoms with Crippen molar-refractivity contribution in [2.24, 2.45) is 5.10 Å². The number of phenols is 1. The van der Waals surface area contributed by atoms with Gasteiger partial charge in [-0.25, -0.2) is 5.01 Å². The molecule has 1 N–H and O–H groups in total. The first kappa shape index (κ1) is 19.9. The molecule has 7 nitrogen and oxygen atoms in total. The van der Waals surface area contributed by atoms with Gasteiger partial charge in [0, 0.05) is 45.4 Å². The van der Waals surface area contributed by atoms with Gasteiger partial charge in [0.1, 0.15) is 5.75 Å². The zero-order valence-electron chi connectivity index (χ0n) is 16.9. The van der Waals surface area contributed by atoms with Crippen molar-refractivity contribution in [2.45, 2.75) is 19.3 Å². The highest BCUT2D eigenvalue weighted by Gasteiger charge is 2.25. The molecule has 2 amide bonds. The molecule has 0 aliphatic carbocycles. The third-order valence-electron chi connectivity index (χ3n) is 5.60. The summed E-state index contributed by atoms with van der Waals surface area (Å²) >= 11 is 0. The summed E-state index contributed by atoms with van der Waals surface area (Å²) in [4.78, 5) is 28.9. The lowest BCUT2D eigenvalue weighted by Gasteiger charge is -2.36. The molecule has 0 atom stereocenters. The Bertz CT molecular complexity index is 936. The number of aromatic hydroxyl groups is 1. The molecule has 2 heterocycles. The molecule has 2 aromatic carbocycles. The number of hydrogen-bond donors (Lipinski definition) is 1. The molecule has 4 rings (SSSR count). The van der Waals surface area contributed by atoms with Crippen molar-refractivity contribution in [3.63, 3.8) is 0 Å². The second kappa shape index (κ2) is 8.98. The molecule has 2 aliphatic heterocycles. The lowest BCUT2D eigenvalue weighted by molar-refractivity contribution is -0.137. The number of hydrazone groups is 1. The van der Waals surface area contributed by atoms with Crippen LogP contribution in [0.15, 0.2) is 59.7 Å². The number of nitrogens with zero attached hydrogens (tertiary/aromatic N) is 4. The Balaban J connectivity index is 1.25. The molecule has 0 unspecified atom stereocenters. The van der Waals surface area contributed by atoms with Crippen LogP contribution in [0.2, 0.25) is 0 Å². The van der Waals surface area contributed by atoms with E-state index >= 15 is 0 Å². The molecule has 2 aliphatic rings. The van der Waals surface area contributed by atoms with Gasteiger partial charge in [0.25, 0.3) is 0 Å². The maximum atomic E-state index is 12.6. The van der Waals surface area contributed by atoms with Gasteiger partial charge < -0.3 is 14.9 Å². The summed E-state index contributed by atoms with van der Waals surface area (Å²) in [5.74, 6) is 0.137. The molecule has 0 bridgehead atoms. The van der Waals surface area contributed by atoms with E-state index in [-0.39, 0.29) is 30.4 Å². The number of carbonyl (C=O) groups excluding carboxylic acids is 2. The zero-order valence-corrected chi connectivity index (χ0v) is 16.9. The molecular weight excluding hydrogens is 380 g/mol. The van der Waals surface area contributed by atoms with E-state index < -0.39 is 0 Å². The van der Waals surface area contributed by atoms with Crippen molar-refractivity contribution in [1.29, 1.82) is 0 Å². The predicted octanol–water partition coefficient (Wildman–Crippen LogP) is 2.46. The van der Waals surface area contributed by atoms with Crippen LogP contribution in [0.1, 0.15) is 24.8 Å². The number of para-hydroxylation sites is 2. The van der Waals surface area contributed by atoms with Gasteiger partial charge in [0.15, 0.2) is 0 Å². The van der Waals surface area contributed by atoms with E-state index in [4.69, 9.17) is 0 Å². The van der Waals surface area contributed by atoms with Crippen LogP contribution in [0.5, 0.6) is 5.75 Å². The van der Waals surface area contributed by atoms with Gasteiger partial charge in [0.05, 0.1) is 17.9 Å². The fourth-order valence-corrected chi connectivity index (χ4v) is 3.90. The van der Waals surface area contributed by atoms with Crippen molar-refractivity contribution in [2.75, 3.05) is 37.6 Å². The van der Waals surface area contributed by atoms with Crippen molar-refractivity contribution in [3.05, 3.63) is 60.2 Å². The van der Waals surface area contributed by atoms with Crippen LogP contribution < -0.4 is 4.90 Å². The summed E-state index contributed by atoms with van der Waals surface area (Å²) in [6.45, 7) is 3.06. The maximum Gasteiger partial charge on any atom is 0.243 e. The second-order valence-corrected chi connectivity index (χ2v) is 7.54. The van der Waals surface area contributed by atoms with Crippen molar-refractivity contribution in [1.82, 2.24) is 9.91 Å². The summed E-state index contributed by atoms with van der Waals surface area (Å²) in [6, 6.07) is 17.1. The van der Waals surface area contributed by atoms with E-state index in [1.165, 1.54) is 5.01 Å². The van der Waals surface area contributed by atoms with Gasteiger partial charge in [-0.1, -0.05) is 42.5 Å². The van der Waals surface area contributed by atoms with Crippen LogP contribution in [0.4, 0.5) is 5.69 Å². The summed E-state index contributed by atoms with van der Waals surface area (Å²) in [5.41, 5.74) is 2.74. The fraction of sp³-hybridized carbons (Fsp3) is 0.348. The number of amides is 2. The molecule has 0 aromatic heterocycles. The Morgan fingerprint density at radius 2 is 1.50 bits per heavy atom. The topological polar surface area (TPSA) is 76.5 Å². The maximum absolute atomic E-state index is 12.6. The average Bonchev–Trinajstić information content (AvgIpc) is 3.29. The number of phenolic OH excluding ortho intramolecular Hbond substituents is 1. The molecule has 156 valence electrons. The van der Waals surface area contributed by atoms with E-state index in [2.05, 4.69) is 10.0 Å². The highest BCUT2D eigenvalue weighted by atomic mass is 16.3. The molecule has 0 radical (unpaired) electrons. The predicted molar refractivity (Wildman–Crippen MR) is 115 cm³/mol. The minimum atomic E-state index is -0.109. The smallest absolute Gasteiger partial charge is 0.243 e. The Morgan fingerprint density at radius 1 is 0.833 bits per heavy atom. The normalized spacial score (nSPS) is 16.5. The lowest BCUT2D eigenvalue weighted by Crippen LogP contribution is -2.49. The Kier molecular flexibility index (Phi) is 5.97. The van der Waals surface area contributed by atoms with Crippen LogP contribution in [0.25, 0.3) is 0 Å². The quantitative estimate of drug-likeness (QED) is 0.828. The van der Waals surface area contributed by atoms with Gasteiger partial charge in [-0.3, -0.25) is 9.59 Å². The Labute approximate surface area is 176 Å². The monoisotopic (exact) mass is 406 g/mol. The van der Waals surface area contributed by atoms with Gasteiger partial charge in [0.2, 0.25) is 11.8 Å². The SMILES string of the molecule is O=C(CCC(=O)N1CCC(c2ccccc2)=N1)N1CCN(c2ccccc2O)CC1. The molecule has 1 saturated heterocycles. The largest absolute Gasteiger partial charge is 0.506 e. The number of carbonyl (C=O) groups is 2. The molecule has 7 heteroatoms. The Hall–Kier alpha value is -3.35. The van der Waals surface area contributed by atoms with Crippen LogP contribution in [0, 0.1) is 0 Å². The van der Waals surface area contributed by atoms with Gasteiger partial charge in [-0.15, -0.1) is 0 Å². The third-order valence-corrected chi connectivity index (χ3v) is 5.60. The summed E-state index contributed by atoms with van der Waals surface area (Å²) < 4.78 is 0. The highest BCUT2D eigenvalue weighted by molar-refractivity contribution is 6.02. The summed E-state index contributed by atoms with van der Waals surface area (Å²) in [5, 5.41) is 15.9. The Morgan fingerprint density at radius 3 is 2.23 bits per heavy atom. The number of anilines is 1. The second-order valence-electron chi connectivity index (χ2n) is 7.54. The van der Waals surface area contributed by atoms with Crippen molar-refractivity contribution < 1.29 is 14.7 Å². The molecular formula is C23H26N4O3. The fourth-order valence-electron chi connectivity index (χ4n) is 3.90. The van der Waals surface area contributed by atoms with E-state index in [0.717, 1.165) is 23.4 Å². The first-order valence-corrected chi connectivity index (χ1v) is 10.4. The minimum absolute atomic E-state index is 0.00765. The first-order chi connectivity index (χ1) is 14.6. The lowest BCUT2D eigenvalue weighted by atomic mass is 10.1. The minimum Gasteiger partial charge on any atom is -0.506 e. The number of rotatable bonds is 5. The number of piperazine rings is 1. The van der Waals surface area contributed by atoms with E-state index in [0.29, 0.717) is 32.7 Å². The molecule has 0 spiro atoms. The van der Waals surface area contributed by atoms with Crippen LogP contribution in [0.3, 0.4) is 0 Å². The molecule has 1 fully saturated rings. The zero-order chi connectivity index (χ0) is 20.9.